The summed E-state index contributed by atoms with van der Waals surface area (Å²) in [4.78, 5) is 0. The summed E-state index contributed by atoms with van der Waals surface area (Å²) >= 11 is 0. The Morgan fingerprint density at radius 1 is 0.763 bits per heavy atom. The Hall–Kier alpha value is -2.14. The molecule has 1 saturated carbocycles. The molecule has 2 aliphatic carbocycles. The Balaban J connectivity index is 1.20. The molecule has 0 spiro atoms. The fourth-order valence-electron chi connectivity index (χ4n) is 5.36. The second kappa shape index (κ2) is 15.5. The molecule has 1 fully saturated rings. The first kappa shape index (κ1) is 28.9. The number of benzene rings is 2. The number of unbranched alkanes of at least 4 members (excludes halogenated alkanes) is 5. The maximum absolute atomic E-state index is 15.0. The van der Waals surface area contributed by atoms with Crippen LogP contribution in [0.2, 0.25) is 0 Å². The zero-order valence-corrected chi connectivity index (χ0v) is 23.3. The van der Waals surface area contributed by atoms with Crippen molar-refractivity contribution in [2.24, 2.45) is 5.92 Å². The Bertz CT molecular complexity index is 971. The van der Waals surface area contributed by atoms with Crippen LogP contribution >= 0.6 is 0 Å². The summed E-state index contributed by atoms with van der Waals surface area (Å²) in [6.45, 7) is 4.71. The third kappa shape index (κ3) is 8.97. The first-order valence-corrected chi connectivity index (χ1v) is 15.1. The summed E-state index contributed by atoms with van der Waals surface area (Å²) in [6.07, 6.45) is 15.2. The van der Waals surface area contributed by atoms with E-state index in [2.05, 4.69) is 19.1 Å². The molecule has 38 heavy (non-hydrogen) atoms. The van der Waals surface area contributed by atoms with Crippen molar-refractivity contribution in [3.05, 3.63) is 58.7 Å². The molecule has 2 aliphatic rings. The van der Waals surface area contributed by atoms with E-state index in [9.17, 15) is 4.39 Å². The highest BCUT2D eigenvalue weighted by molar-refractivity contribution is 5.42. The molecule has 0 bridgehead atoms. The SMILES string of the molecule is CCCCOCCCCOc1cc2c(c(F)c1F)CC(c1ccc(OCCCCCCC3CC3)cc1)CC2. The molecular formula is C33H46F2O3. The molecule has 5 heteroatoms. The van der Waals surface area contributed by atoms with Gasteiger partial charge in [-0.2, -0.15) is 4.39 Å². The number of halogens is 2. The summed E-state index contributed by atoms with van der Waals surface area (Å²) in [5, 5.41) is 0. The number of ether oxygens (including phenoxy) is 3. The minimum absolute atomic E-state index is 0.0380. The summed E-state index contributed by atoms with van der Waals surface area (Å²) < 4.78 is 46.9. The summed E-state index contributed by atoms with van der Waals surface area (Å²) in [5.74, 6) is 0.522. The molecule has 1 unspecified atom stereocenters. The quantitative estimate of drug-likeness (QED) is 0.181. The molecule has 210 valence electrons. The van der Waals surface area contributed by atoms with Crippen LogP contribution in [0, 0.1) is 17.6 Å². The fourth-order valence-corrected chi connectivity index (χ4v) is 5.36. The standard InChI is InChI=1S/C33H46F2O3/c1-2-3-19-36-20-8-9-22-38-31-24-28-14-13-27(23-30(28)32(34)33(31)35)26-15-17-29(18-16-26)37-21-7-5-4-6-10-25-11-12-25/h15-18,24-25,27H,2-14,19-23H2,1H3. The van der Waals surface area contributed by atoms with Crippen molar-refractivity contribution in [2.45, 2.75) is 103 Å². The number of hydrogen-bond donors (Lipinski definition) is 0. The van der Waals surface area contributed by atoms with E-state index in [1.807, 2.05) is 12.1 Å². The van der Waals surface area contributed by atoms with Gasteiger partial charge in [0.1, 0.15) is 5.75 Å². The third-order valence-electron chi connectivity index (χ3n) is 7.99. The smallest absolute Gasteiger partial charge is 0.200 e. The normalized spacial score (nSPS) is 16.9. The molecule has 2 aromatic carbocycles. The van der Waals surface area contributed by atoms with Crippen molar-refractivity contribution >= 4 is 0 Å². The number of rotatable bonds is 18. The minimum Gasteiger partial charge on any atom is -0.494 e. The molecule has 3 nitrogen and oxygen atoms in total. The van der Waals surface area contributed by atoms with Gasteiger partial charge in [0.25, 0.3) is 0 Å². The van der Waals surface area contributed by atoms with Gasteiger partial charge in [0, 0.05) is 13.2 Å². The average molecular weight is 529 g/mol. The number of hydrogen-bond acceptors (Lipinski definition) is 3. The van der Waals surface area contributed by atoms with Gasteiger partial charge in [-0.15, -0.1) is 0 Å². The van der Waals surface area contributed by atoms with Crippen LogP contribution in [0.15, 0.2) is 30.3 Å². The highest BCUT2D eigenvalue weighted by atomic mass is 19.2. The lowest BCUT2D eigenvalue weighted by molar-refractivity contribution is 0.123. The molecule has 1 atom stereocenters. The van der Waals surface area contributed by atoms with Crippen molar-refractivity contribution < 1.29 is 23.0 Å². The van der Waals surface area contributed by atoms with Gasteiger partial charge in [-0.05, 0) is 91.7 Å². The maximum Gasteiger partial charge on any atom is 0.200 e. The van der Waals surface area contributed by atoms with Crippen molar-refractivity contribution in [2.75, 3.05) is 26.4 Å². The first-order chi connectivity index (χ1) is 18.7. The molecule has 2 aromatic rings. The molecule has 0 aromatic heterocycles. The minimum atomic E-state index is -0.861. The average Bonchev–Trinajstić information content (AvgIpc) is 3.77. The monoisotopic (exact) mass is 528 g/mol. The van der Waals surface area contributed by atoms with E-state index >= 15 is 4.39 Å². The molecule has 0 saturated heterocycles. The van der Waals surface area contributed by atoms with Gasteiger partial charge >= 0.3 is 0 Å². The highest BCUT2D eigenvalue weighted by Gasteiger charge is 2.27. The van der Waals surface area contributed by atoms with Gasteiger partial charge in [-0.3, -0.25) is 0 Å². The van der Waals surface area contributed by atoms with Crippen LogP contribution in [0.4, 0.5) is 8.78 Å². The highest BCUT2D eigenvalue weighted by Crippen LogP contribution is 2.38. The summed E-state index contributed by atoms with van der Waals surface area (Å²) in [7, 11) is 0. The molecule has 0 radical (unpaired) electrons. The van der Waals surface area contributed by atoms with E-state index in [-0.39, 0.29) is 11.7 Å². The van der Waals surface area contributed by atoms with Crippen LogP contribution in [-0.4, -0.2) is 26.4 Å². The van der Waals surface area contributed by atoms with Crippen LogP contribution in [0.25, 0.3) is 0 Å². The van der Waals surface area contributed by atoms with Crippen molar-refractivity contribution in [1.29, 1.82) is 0 Å². The fraction of sp³-hybridized carbons (Fsp3) is 0.636. The second-order valence-corrected chi connectivity index (χ2v) is 11.2. The number of fused-ring (bicyclic) bond motifs is 1. The molecular weight excluding hydrogens is 482 g/mol. The van der Waals surface area contributed by atoms with Crippen LogP contribution in [0.5, 0.6) is 11.5 Å². The second-order valence-electron chi connectivity index (χ2n) is 11.2. The van der Waals surface area contributed by atoms with Gasteiger partial charge in [0.15, 0.2) is 11.6 Å². The van der Waals surface area contributed by atoms with Gasteiger partial charge in [0.05, 0.1) is 13.2 Å². The third-order valence-corrected chi connectivity index (χ3v) is 7.99. The van der Waals surface area contributed by atoms with Crippen LogP contribution in [-0.2, 0) is 17.6 Å². The first-order valence-electron chi connectivity index (χ1n) is 15.1. The van der Waals surface area contributed by atoms with Crippen LogP contribution in [0.1, 0.15) is 107 Å². The zero-order chi connectivity index (χ0) is 26.6. The van der Waals surface area contributed by atoms with Gasteiger partial charge in [0.2, 0.25) is 5.82 Å². The maximum atomic E-state index is 15.0. The topological polar surface area (TPSA) is 27.7 Å². The lowest BCUT2D eigenvalue weighted by Gasteiger charge is -2.26. The van der Waals surface area contributed by atoms with Crippen molar-refractivity contribution in [1.82, 2.24) is 0 Å². The van der Waals surface area contributed by atoms with E-state index in [0.29, 0.717) is 25.2 Å². The van der Waals surface area contributed by atoms with Gasteiger partial charge < -0.3 is 14.2 Å². The van der Waals surface area contributed by atoms with Crippen molar-refractivity contribution in [3.63, 3.8) is 0 Å². The van der Waals surface area contributed by atoms with Gasteiger partial charge in [-0.1, -0.05) is 64.0 Å². The molecule has 0 N–H and O–H groups in total. The van der Waals surface area contributed by atoms with E-state index in [4.69, 9.17) is 14.2 Å². The van der Waals surface area contributed by atoms with Crippen molar-refractivity contribution in [3.8, 4) is 11.5 Å². The summed E-state index contributed by atoms with van der Waals surface area (Å²) in [6, 6.07) is 9.91. The number of aryl methyl sites for hydroxylation is 1. The molecule has 0 amide bonds. The van der Waals surface area contributed by atoms with E-state index in [1.165, 1.54) is 38.5 Å². The Morgan fingerprint density at radius 3 is 2.26 bits per heavy atom. The Morgan fingerprint density at radius 2 is 1.47 bits per heavy atom. The Kier molecular flexibility index (Phi) is 11.7. The Labute approximate surface area is 228 Å². The van der Waals surface area contributed by atoms with Crippen LogP contribution in [0.3, 0.4) is 0 Å². The predicted octanol–water partition coefficient (Wildman–Crippen LogP) is 8.95. The largest absolute Gasteiger partial charge is 0.494 e. The summed E-state index contributed by atoms with van der Waals surface area (Å²) in [5.41, 5.74) is 2.52. The van der Waals surface area contributed by atoms with E-state index in [0.717, 1.165) is 81.0 Å². The van der Waals surface area contributed by atoms with E-state index < -0.39 is 11.6 Å². The molecule has 0 heterocycles. The van der Waals surface area contributed by atoms with Crippen LogP contribution < -0.4 is 9.47 Å². The predicted molar refractivity (Wildman–Crippen MR) is 149 cm³/mol. The zero-order valence-electron chi connectivity index (χ0n) is 23.3. The lowest BCUT2D eigenvalue weighted by atomic mass is 9.80. The lowest BCUT2D eigenvalue weighted by Crippen LogP contribution is -2.16. The van der Waals surface area contributed by atoms with E-state index in [1.54, 1.807) is 6.07 Å². The molecule has 0 aliphatic heterocycles. The molecule has 4 rings (SSSR count). The van der Waals surface area contributed by atoms with Gasteiger partial charge in [-0.25, -0.2) is 4.39 Å².